The molecule has 1 aromatic heterocycles. The number of cyclic esters (lactones) is 1. The quantitative estimate of drug-likeness (QED) is 0.418. The number of fused-ring (bicyclic) bond motifs is 1. The molecular weight excluding hydrogens is 388 g/mol. The zero-order valence-corrected chi connectivity index (χ0v) is 17.7. The summed E-state index contributed by atoms with van der Waals surface area (Å²) in [5.74, 6) is -0.993. The third-order valence-electron chi connectivity index (χ3n) is 7.31. The summed E-state index contributed by atoms with van der Waals surface area (Å²) in [6, 6.07) is 1.82. The Morgan fingerprint density at radius 2 is 2.07 bits per heavy atom. The maximum atomic E-state index is 13.3. The predicted octanol–water partition coefficient (Wildman–Crippen LogP) is 3.89. The molecule has 0 N–H and O–H groups in total. The Morgan fingerprint density at radius 3 is 2.73 bits per heavy atom. The highest BCUT2D eigenvalue weighted by Gasteiger charge is 2.61. The molecule has 30 heavy (non-hydrogen) atoms. The number of carbonyl (C=O) groups excluding carboxylic acids is 3. The third-order valence-corrected chi connectivity index (χ3v) is 7.31. The number of methoxy groups -OCH3 is 1. The molecule has 1 saturated heterocycles. The van der Waals surface area contributed by atoms with Crippen LogP contribution in [0.2, 0.25) is 0 Å². The molecule has 7 nitrogen and oxygen atoms in total. The molecule has 0 saturated carbocycles. The van der Waals surface area contributed by atoms with Crippen molar-refractivity contribution in [3.63, 3.8) is 0 Å². The van der Waals surface area contributed by atoms with Crippen molar-refractivity contribution in [3.8, 4) is 0 Å². The lowest BCUT2D eigenvalue weighted by Crippen LogP contribution is -2.48. The lowest BCUT2D eigenvalue weighted by molar-refractivity contribution is -0.160. The van der Waals surface area contributed by atoms with Gasteiger partial charge in [0.15, 0.2) is 0 Å². The molecular formula is C23H28O7. The average Bonchev–Trinajstić information content (AvgIpc) is 3.37. The normalized spacial score (nSPS) is 33.2. The number of rotatable bonds is 4. The van der Waals surface area contributed by atoms with Gasteiger partial charge in [-0.3, -0.25) is 14.4 Å². The van der Waals surface area contributed by atoms with Gasteiger partial charge >= 0.3 is 17.9 Å². The molecule has 162 valence electrons. The first kappa shape index (κ1) is 20.7. The van der Waals surface area contributed by atoms with Gasteiger partial charge in [0.1, 0.15) is 18.1 Å². The number of hydrogen-bond acceptors (Lipinski definition) is 7. The van der Waals surface area contributed by atoms with Crippen LogP contribution in [0.4, 0.5) is 0 Å². The van der Waals surface area contributed by atoms with Gasteiger partial charge in [-0.1, -0.05) is 12.5 Å². The maximum Gasteiger partial charge on any atom is 0.319 e. The van der Waals surface area contributed by atoms with Gasteiger partial charge in [0.05, 0.1) is 25.1 Å². The summed E-state index contributed by atoms with van der Waals surface area (Å²) in [4.78, 5) is 37.9. The SMILES string of the molecule is COC(=O)[C@@]1(COC(C)=O)CCCC2=C1CC[C@@H](C)[C@]21C[C@@H](c2ccoc2)OC1=O. The van der Waals surface area contributed by atoms with Crippen LogP contribution >= 0.6 is 0 Å². The van der Waals surface area contributed by atoms with E-state index in [9.17, 15) is 14.4 Å². The van der Waals surface area contributed by atoms with Crippen LogP contribution < -0.4 is 0 Å². The van der Waals surface area contributed by atoms with Gasteiger partial charge in [-0.25, -0.2) is 0 Å². The van der Waals surface area contributed by atoms with Crippen LogP contribution in [-0.4, -0.2) is 31.6 Å². The Balaban J connectivity index is 1.81. The van der Waals surface area contributed by atoms with Crippen LogP contribution in [0.1, 0.15) is 64.0 Å². The molecule has 7 heteroatoms. The van der Waals surface area contributed by atoms with Gasteiger partial charge in [-0.15, -0.1) is 0 Å². The Kier molecular flexibility index (Phi) is 5.24. The Hall–Kier alpha value is -2.57. The lowest BCUT2D eigenvalue weighted by atomic mass is 9.54. The number of ether oxygens (including phenoxy) is 3. The molecule has 2 aliphatic carbocycles. The van der Waals surface area contributed by atoms with Gasteiger partial charge in [-0.05, 0) is 49.7 Å². The van der Waals surface area contributed by atoms with E-state index in [4.69, 9.17) is 18.6 Å². The summed E-state index contributed by atoms with van der Waals surface area (Å²) < 4.78 is 21.5. The molecule has 0 radical (unpaired) electrons. The summed E-state index contributed by atoms with van der Waals surface area (Å²) in [6.45, 7) is 3.36. The Bertz CT molecular complexity index is 883. The van der Waals surface area contributed by atoms with Crippen LogP contribution in [0.3, 0.4) is 0 Å². The van der Waals surface area contributed by atoms with Gasteiger partial charge < -0.3 is 18.6 Å². The first-order valence-corrected chi connectivity index (χ1v) is 10.5. The van der Waals surface area contributed by atoms with Gasteiger partial charge in [0, 0.05) is 18.9 Å². The van der Waals surface area contributed by atoms with E-state index < -0.39 is 22.8 Å². The Labute approximate surface area is 175 Å². The zero-order valence-electron chi connectivity index (χ0n) is 17.7. The highest BCUT2D eigenvalue weighted by molar-refractivity contribution is 5.87. The molecule has 0 aromatic carbocycles. The van der Waals surface area contributed by atoms with E-state index in [2.05, 4.69) is 6.92 Å². The fourth-order valence-corrected chi connectivity index (χ4v) is 5.75. The predicted molar refractivity (Wildman–Crippen MR) is 105 cm³/mol. The van der Waals surface area contributed by atoms with Crippen LogP contribution in [-0.2, 0) is 28.6 Å². The minimum Gasteiger partial charge on any atom is -0.472 e. The first-order chi connectivity index (χ1) is 14.3. The second-order valence-corrected chi connectivity index (χ2v) is 8.73. The smallest absolute Gasteiger partial charge is 0.319 e. The minimum atomic E-state index is -1.03. The molecule has 0 unspecified atom stereocenters. The molecule has 1 aliphatic heterocycles. The van der Waals surface area contributed by atoms with Crippen molar-refractivity contribution >= 4 is 17.9 Å². The van der Waals surface area contributed by atoms with Gasteiger partial charge in [0.25, 0.3) is 0 Å². The molecule has 4 rings (SSSR count). The monoisotopic (exact) mass is 416 g/mol. The van der Waals surface area contributed by atoms with E-state index in [0.29, 0.717) is 25.7 Å². The van der Waals surface area contributed by atoms with E-state index in [0.717, 1.165) is 29.6 Å². The highest BCUT2D eigenvalue weighted by atomic mass is 16.6. The number of esters is 3. The van der Waals surface area contributed by atoms with Gasteiger partial charge in [0.2, 0.25) is 0 Å². The third kappa shape index (κ3) is 2.97. The molecule has 4 atom stereocenters. The van der Waals surface area contributed by atoms with Crippen molar-refractivity contribution in [1.82, 2.24) is 0 Å². The molecule has 1 fully saturated rings. The fourth-order valence-electron chi connectivity index (χ4n) is 5.75. The van der Waals surface area contributed by atoms with Crippen molar-refractivity contribution in [2.75, 3.05) is 13.7 Å². The van der Waals surface area contributed by atoms with E-state index in [1.807, 2.05) is 6.07 Å². The summed E-state index contributed by atoms with van der Waals surface area (Å²) in [7, 11) is 1.35. The molecule has 0 amide bonds. The fraction of sp³-hybridized carbons (Fsp3) is 0.609. The lowest BCUT2D eigenvalue weighted by Gasteiger charge is -2.48. The zero-order chi connectivity index (χ0) is 21.5. The topological polar surface area (TPSA) is 92.0 Å². The maximum absolute atomic E-state index is 13.3. The van der Waals surface area contributed by atoms with Crippen molar-refractivity contribution in [2.24, 2.45) is 16.7 Å². The van der Waals surface area contributed by atoms with Crippen molar-refractivity contribution < 1.29 is 33.0 Å². The molecule has 0 bridgehead atoms. The second kappa shape index (κ2) is 7.60. The van der Waals surface area contributed by atoms with Crippen LogP contribution in [0.25, 0.3) is 0 Å². The van der Waals surface area contributed by atoms with Crippen molar-refractivity contribution in [3.05, 3.63) is 35.3 Å². The van der Waals surface area contributed by atoms with E-state index in [1.165, 1.54) is 14.0 Å². The van der Waals surface area contributed by atoms with E-state index in [1.54, 1.807) is 12.5 Å². The van der Waals surface area contributed by atoms with Crippen molar-refractivity contribution in [1.29, 1.82) is 0 Å². The molecule has 2 heterocycles. The number of furan rings is 1. The molecule has 3 aliphatic rings. The molecule has 1 spiro atoms. The van der Waals surface area contributed by atoms with Crippen LogP contribution in [0.5, 0.6) is 0 Å². The average molecular weight is 416 g/mol. The van der Waals surface area contributed by atoms with E-state index in [-0.39, 0.29) is 24.6 Å². The first-order valence-electron chi connectivity index (χ1n) is 10.5. The summed E-state index contributed by atoms with van der Waals surface area (Å²) in [5, 5.41) is 0. The van der Waals surface area contributed by atoms with Crippen LogP contribution in [0, 0.1) is 16.7 Å². The Morgan fingerprint density at radius 1 is 1.27 bits per heavy atom. The standard InChI is InChI=1S/C23H28O7/c1-14-6-7-17-18(5-4-9-22(17,20(25)27-3)13-29-15(2)24)23(14)11-19(30-21(23)26)16-8-10-28-12-16/h8,10,12,14,19H,4-7,9,11,13H2,1-3H3/t14-,19+,22-,23-/m1/s1. The summed E-state index contributed by atoms with van der Waals surface area (Å²) in [6.07, 6.45) is 6.76. The second-order valence-electron chi connectivity index (χ2n) is 8.73. The number of hydrogen-bond donors (Lipinski definition) is 0. The highest BCUT2D eigenvalue weighted by Crippen LogP contribution is 2.61. The minimum absolute atomic E-state index is 0.0570. The summed E-state index contributed by atoms with van der Waals surface area (Å²) >= 11 is 0. The largest absolute Gasteiger partial charge is 0.472 e. The van der Waals surface area contributed by atoms with Gasteiger partial charge in [-0.2, -0.15) is 0 Å². The molecule has 1 aromatic rings. The van der Waals surface area contributed by atoms with Crippen molar-refractivity contribution in [2.45, 2.75) is 58.5 Å². The number of carbonyl (C=O) groups is 3. The van der Waals surface area contributed by atoms with E-state index >= 15 is 0 Å². The van der Waals surface area contributed by atoms with Crippen LogP contribution in [0.15, 0.2) is 34.2 Å². The summed E-state index contributed by atoms with van der Waals surface area (Å²) in [5.41, 5.74) is 0.932.